The van der Waals surface area contributed by atoms with Crippen molar-refractivity contribution in [2.75, 3.05) is 6.54 Å². The van der Waals surface area contributed by atoms with Crippen LogP contribution in [0, 0.1) is 13.8 Å². The molecule has 27 heavy (non-hydrogen) atoms. The van der Waals surface area contributed by atoms with Gasteiger partial charge in [0.25, 0.3) is 0 Å². The number of nitrogens with zero attached hydrogens (tertiary/aromatic N) is 1. The van der Waals surface area contributed by atoms with Gasteiger partial charge in [0, 0.05) is 6.42 Å². The van der Waals surface area contributed by atoms with Gasteiger partial charge in [-0.15, -0.1) is 0 Å². The molecule has 1 aliphatic rings. The van der Waals surface area contributed by atoms with Crippen molar-refractivity contribution in [3.63, 3.8) is 0 Å². The lowest BCUT2D eigenvalue weighted by atomic mass is 10.0. The van der Waals surface area contributed by atoms with Crippen molar-refractivity contribution < 1.29 is 22.5 Å². The Bertz CT molecular complexity index is 940. The third kappa shape index (κ3) is 5.10. The number of hydrogen-bond acceptors (Lipinski definition) is 8. The second-order valence-electron chi connectivity index (χ2n) is 6.47. The van der Waals surface area contributed by atoms with Crippen molar-refractivity contribution in [2.24, 2.45) is 11.6 Å². The zero-order chi connectivity index (χ0) is 20.5. The van der Waals surface area contributed by atoms with Crippen LogP contribution < -0.4 is 11.6 Å². The highest BCUT2D eigenvalue weighted by Crippen LogP contribution is 2.25. The first-order valence-corrected chi connectivity index (χ1v) is 10.2. The summed E-state index contributed by atoms with van der Waals surface area (Å²) in [6.45, 7) is 5.07. The maximum Gasteiger partial charge on any atom is 0.336 e. The van der Waals surface area contributed by atoms with E-state index in [1.165, 1.54) is 11.1 Å². The summed E-state index contributed by atoms with van der Waals surface area (Å²) < 4.78 is 40.7. The van der Waals surface area contributed by atoms with Gasteiger partial charge in [-0.3, -0.25) is 5.01 Å². The standard InChI is InChI=1S/C17H22BrN3O5S/c1-9-4-10(2)15(27(23,24)25)12(5-9)6-11(3)26-17(22)13-7-14(18)16(19)21(20)8-13/h4-5,7,11H,6,8,19-20H2,1-3H3,(H,23,24,25)/p-1. The zero-order valence-corrected chi connectivity index (χ0v) is 17.6. The Hall–Kier alpha value is -1.88. The first-order valence-electron chi connectivity index (χ1n) is 8.05. The number of halogens is 1. The molecule has 0 spiro atoms. The number of rotatable bonds is 5. The molecule has 0 aromatic heterocycles. The highest BCUT2D eigenvalue weighted by atomic mass is 79.9. The van der Waals surface area contributed by atoms with Crippen LogP contribution in [0.25, 0.3) is 0 Å². The summed E-state index contributed by atoms with van der Waals surface area (Å²) in [5.41, 5.74) is 7.53. The van der Waals surface area contributed by atoms with E-state index in [1.54, 1.807) is 32.9 Å². The van der Waals surface area contributed by atoms with Crippen molar-refractivity contribution in [3.8, 4) is 0 Å². The molecule has 0 saturated heterocycles. The molecule has 8 nitrogen and oxygen atoms in total. The Morgan fingerprint density at radius 1 is 1.41 bits per heavy atom. The van der Waals surface area contributed by atoms with E-state index in [0.29, 0.717) is 27.0 Å². The Morgan fingerprint density at radius 2 is 2.04 bits per heavy atom. The van der Waals surface area contributed by atoms with E-state index < -0.39 is 22.2 Å². The fourth-order valence-corrected chi connectivity index (χ4v) is 4.38. The van der Waals surface area contributed by atoms with Crippen LogP contribution in [0.5, 0.6) is 0 Å². The normalized spacial score (nSPS) is 16.2. The number of hydrazine groups is 1. The van der Waals surface area contributed by atoms with Gasteiger partial charge in [-0.2, -0.15) is 0 Å². The molecule has 10 heteroatoms. The zero-order valence-electron chi connectivity index (χ0n) is 15.2. The van der Waals surface area contributed by atoms with E-state index in [0.717, 1.165) is 5.56 Å². The van der Waals surface area contributed by atoms with Gasteiger partial charge >= 0.3 is 5.97 Å². The van der Waals surface area contributed by atoms with Crippen LogP contribution in [-0.2, 0) is 26.1 Å². The van der Waals surface area contributed by atoms with Crippen LogP contribution in [0.3, 0.4) is 0 Å². The van der Waals surface area contributed by atoms with Crippen LogP contribution >= 0.6 is 15.9 Å². The first kappa shape index (κ1) is 21.4. The number of aryl methyl sites for hydroxylation is 2. The van der Waals surface area contributed by atoms with E-state index in [1.807, 2.05) is 0 Å². The van der Waals surface area contributed by atoms with Gasteiger partial charge in [0.2, 0.25) is 0 Å². The summed E-state index contributed by atoms with van der Waals surface area (Å²) in [6, 6.07) is 3.24. The number of ether oxygens (including phenoxy) is 1. The predicted molar refractivity (Wildman–Crippen MR) is 102 cm³/mol. The molecule has 0 aliphatic carbocycles. The highest BCUT2D eigenvalue weighted by Gasteiger charge is 2.23. The SMILES string of the molecule is Cc1cc(C)c(S(=O)(=O)[O-])c(CC(C)OC(=O)C2=CC(Br)=C(N)N(N)C2)c1. The number of allylic oxidation sites excluding steroid dienone is 2. The van der Waals surface area contributed by atoms with E-state index in [9.17, 15) is 17.8 Å². The maximum absolute atomic E-state index is 12.4. The lowest BCUT2D eigenvalue weighted by Crippen LogP contribution is -2.40. The lowest BCUT2D eigenvalue weighted by Gasteiger charge is -2.25. The van der Waals surface area contributed by atoms with Gasteiger partial charge in [0.15, 0.2) is 0 Å². The number of benzene rings is 1. The van der Waals surface area contributed by atoms with E-state index in [4.69, 9.17) is 16.3 Å². The summed E-state index contributed by atoms with van der Waals surface area (Å²) in [6.07, 6.45) is 0.954. The molecule has 2 rings (SSSR count). The molecule has 1 heterocycles. The third-order valence-electron chi connectivity index (χ3n) is 4.02. The van der Waals surface area contributed by atoms with Gasteiger partial charge in [-0.1, -0.05) is 17.7 Å². The third-order valence-corrected chi connectivity index (χ3v) is 5.74. The summed E-state index contributed by atoms with van der Waals surface area (Å²) in [7, 11) is -4.65. The van der Waals surface area contributed by atoms with E-state index >= 15 is 0 Å². The number of esters is 1. The van der Waals surface area contributed by atoms with E-state index in [2.05, 4.69) is 15.9 Å². The second kappa shape index (κ2) is 8.01. The fraction of sp³-hybridized carbons (Fsp3) is 0.353. The number of hydrogen-bond donors (Lipinski definition) is 2. The number of nitrogens with two attached hydrogens (primary N) is 2. The molecule has 4 N–H and O–H groups in total. The molecule has 1 atom stereocenters. The molecule has 1 aromatic carbocycles. The Kier molecular flexibility index (Phi) is 6.35. The molecular weight excluding hydrogens is 438 g/mol. The van der Waals surface area contributed by atoms with Crippen molar-refractivity contribution in [3.05, 3.63) is 50.8 Å². The molecule has 0 bridgehead atoms. The van der Waals surface area contributed by atoms with Crippen molar-refractivity contribution in [1.29, 1.82) is 0 Å². The van der Waals surface area contributed by atoms with Gasteiger partial charge in [0.1, 0.15) is 22.0 Å². The van der Waals surface area contributed by atoms with Gasteiger partial charge in [-0.05, 0) is 53.9 Å². The molecule has 0 fully saturated rings. The van der Waals surface area contributed by atoms with E-state index in [-0.39, 0.29) is 17.9 Å². The minimum absolute atomic E-state index is 0.0796. The largest absolute Gasteiger partial charge is 0.744 e. The van der Waals surface area contributed by atoms with Crippen molar-refractivity contribution >= 4 is 32.0 Å². The second-order valence-corrected chi connectivity index (χ2v) is 8.65. The summed E-state index contributed by atoms with van der Waals surface area (Å²) in [4.78, 5) is 12.1. The lowest BCUT2D eigenvalue weighted by molar-refractivity contribution is -0.143. The predicted octanol–water partition coefficient (Wildman–Crippen LogP) is 1.32. The quantitative estimate of drug-likeness (QED) is 0.382. The molecule has 0 radical (unpaired) electrons. The Balaban J connectivity index is 2.21. The Morgan fingerprint density at radius 3 is 2.59 bits per heavy atom. The number of carbonyl (C=O) groups is 1. The summed E-state index contributed by atoms with van der Waals surface area (Å²) >= 11 is 3.22. The minimum Gasteiger partial charge on any atom is -0.744 e. The van der Waals surface area contributed by atoms with Crippen molar-refractivity contribution in [2.45, 2.75) is 38.2 Å². The average molecular weight is 459 g/mol. The fourth-order valence-electron chi connectivity index (χ4n) is 2.96. The van der Waals surface area contributed by atoms with Gasteiger partial charge in [0.05, 0.1) is 21.5 Å². The highest BCUT2D eigenvalue weighted by molar-refractivity contribution is 9.11. The van der Waals surface area contributed by atoms with Crippen molar-refractivity contribution in [1.82, 2.24) is 5.01 Å². The molecule has 1 unspecified atom stereocenters. The smallest absolute Gasteiger partial charge is 0.336 e. The maximum atomic E-state index is 12.4. The van der Waals surface area contributed by atoms with Gasteiger partial charge in [-0.25, -0.2) is 19.1 Å². The molecule has 1 aliphatic heterocycles. The topological polar surface area (TPSA) is 139 Å². The summed E-state index contributed by atoms with van der Waals surface area (Å²) in [5, 5.41) is 1.21. The summed E-state index contributed by atoms with van der Waals surface area (Å²) in [5.74, 6) is 5.42. The molecule has 0 amide bonds. The van der Waals surface area contributed by atoms with Crippen LogP contribution in [0.15, 0.2) is 39.0 Å². The van der Waals surface area contributed by atoms with Crippen LogP contribution in [0.2, 0.25) is 0 Å². The first-order chi connectivity index (χ1) is 12.4. The van der Waals surface area contributed by atoms with Crippen LogP contribution in [0.4, 0.5) is 0 Å². The monoisotopic (exact) mass is 458 g/mol. The molecule has 1 aromatic rings. The molecule has 0 saturated carbocycles. The average Bonchev–Trinajstić information content (AvgIpc) is 2.49. The minimum atomic E-state index is -4.65. The van der Waals surface area contributed by atoms with Crippen LogP contribution in [-0.4, -0.2) is 36.6 Å². The van der Waals surface area contributed by atoms with Crippen LogP contribution in [0.1, 0.15) is 23.6 Å². The Labute approximate surface area is 166 Å². The van der Waals surface area contributed by atoms with Gasteiger partial charge < -0.3 is 15.0 Å². The number of carbonyl (C=O) groups excluding carboxylic acids is 1. The molecular formula is C17H21BrN3O5S-. The molecule has 148 valence electrons.